The van der Waals surface area contributed by atoms with E-state index in [1.54, 1.807) is 6.20 Å². The number of anilines is 1. The number of fused-ring (bicyclic) bond motifs is 4. The van der Waals surface area contributed by atoms with Crippen molar-refractivity contribution >= 4 is 34.0 Å². The molecular weight excluding hydrogens is 520 g/mol. The smallest absolute Gasteiger partial charge is 0.223 e. The number of amides is 1. The summed E-state index contributed by atoms with van der Waals surface area (Å²) < 4.78 is 7.69. The molecule has 0 radical (unpaired) electrons. The quantitative estimate of drug-likeness (QED) is 0.373. The van der Waals surface area contributed by atoms with E-state index in [0.717, 1.165) is 77.7 Å². The second-order valence-corrected chi connectivity index (χ2v) is 11.5. The van der Waals surface area contributed by atoms with Crippen molar-refractivity contribution in [3.05, 3.63) is 64.6 Å². The number of pyridine rings is 1. The Balaban J connectivity index is 1.30. The molecule has 0 saturated carbocycles. The molecule has 1 aromatic carbocycles. The number of hydrogen-bond acceptors (Lipinski definition) is 7. The van der Waals surface area contributed by atoms with E-state index in [2.05, 4.69) is 33.4 Å². The number of nitrogens with zero attached hydrogens (tertiary/aromatic N) is 5. The lowest BCUT2D eigenvalue weighted by Gasteiger charge is -2.48. The Hall–Kier alpha value is -3.11. The van der Waals surface area contributed by atoms with E-state index in [4.69, 9.17) is 26.4 Å². The van der Waals surface area contributed by atoms with E-state index in [9.17, 15) is 4.79 Å². The Bertz CT molecular complexity index is 1530. The van der Waals surface area contributed by atoms with Gasteiger partial charge in [0.1, 0.15) is 0 Å². The summed E-state index contributed by atoms with van der Waals surface area (Å²) in [5.74, 6) is -0.131. The molecule has 38 heavy (non-hydrogen) atoms. The molecule has 5 heterocycles. The first-order chi connectivity index (χ1) is 18.5. The van der Waals surface area contributed by atoms with E-state index in [1.165, 1.54) is 30.2 Å². The number of piperidine rings is 1. The van der Waals surface area contributed by atoms with Crippen molar-refractivity contribution in [3.63, 3.8) is 0 Å². The minimum Gasteiger partial charge on any atom is -0.375 e. The number of aromatic nitrogens is 4. The van der Waals surface area contributed by atoms with Crippen LogP contribution in [0, 0.1) is 0 Å². The van der Waals surface area contributed by atoms with Crippen LogP contribution in [0.15, 0.2) is 42.7 Å². The molecule has 2 atom stereocenters. The van der Waals surface area contributed by atoms with Gasteiger partial charge in [0.05, 0.1) is 51.4 Å². The minimum atomic E-state index is -0.131. The summed E-state index contributed by atoms with van der Waals surface area (Å²) in [6, 6.07) is 10.8. The summed E-state index contributed by atoms with van der Waals surface area (Å²) in [6.07, 6.45) is 7.91. The molecule has 4 aromatic rings. The van der Waals surface area contributed by atoms with Crippen molar-refractivity contribution in [2.45, 2.75) is 51.3 Å². The fourth-order valence-electron chi connectivity index (χ4n) is 5.83. The van der Waals surface area contributed by atoms with Crippen LogP contribution in [0.5, 0.6) is 0 Å². The number of thiazole rings is 1. The molecule has 7 rings (SSSR count). The van der Waals surface area contributed by atoms with E-state index >= 15 is 0 Å². The van der Waals surface area contributed by atoms with Crippen LogP contribution in [0.2, 0.25) is 5.02 Å². The van der Waals surface area contributed by atoms with E-state index in [0.29, 0.717) is 22.3 Å². The van der Waals surface area contributed by atoms with Crippen molar-refractivity contribution in [1.82, 2.24) is 24.6 Å². The van der Waals surface area contributed by atoms with Crippen LogP contribution < -0.4 is 5.32 Å². The zero-order valence-electron chi connectivity index (χ0n) is 21.0. The van der Waals surface area contributed by atoms with Gasteiger partial charge >= 0.3 is 0 Å². The van der Waals surface area contributed by atoms with Gasteiger partial charge in [-0.3, -0.25) is 14.7 Å². The molecule has 3 aromatic heterocycles. The van der Waals surface area contributed by atoms with Gasteiger partial charge in [0.15, 0.2) is 5.13 Å². The number of aryl methyl sites for hydroxylation is 1. The van der Waals surface area contributed by atoms with Crippen LogP contribution in [-0.2, 0) is 28.9 Å². The van der Waals surface area contributed by atoms with Crippen LogP contribution in [0.25, 0.3) is 27.5 Å². The highest BCUT2D eigenvalue weighted by Gasteiger charge is 2.39. The number of carbonyl (C=O) groups excluding carboxylic acids is 1. The van der Waals surface area contributed by atoms with E-state index in [-0.39, 0.29) is 5.91 Å². The van der Waals surface area contributed by atoms with Gasteiger partial charge in [0.25, 0.3) is 0 Å². The van der Waals surface area contributed by atoms with Gasteiger partial charge in [-0.25, -0.2) is 9.67 Å². The summed E-state index contributed by atoms with van der Waals surface area (Å²) in [5, 5.41) is 9.20. The summed E-state index contributed by atoms with van der Waals surface area (Å²) in [6.45, 7) is 4.28. The van der Waals surface area contributed by atoms with Crippen LogP contribution in [0.1, 0.15) is 36.6 Å². The van der Waals surface area contributed by atoms with Crippen molar-refractivity contribution in [3.8, 4) is 27.5 Å². The number of ether oxygens (including phenoxy) is 1. The minimum absolute atomic E-state index is 0.131. The van der Waals surface area contributed by atoms with Crippen LogP contribution in [-0.4, -0.2) is 55.9 Å². The Labute approximate surface area is 229 Å². The number of carbonyl (C=O) groups is 1. The number of halogens is 1. The zero-order chi connectivity index (χ0) is 25.8. The van der Waals surface area contributed by atoms with Gasteiger partial charge in [0, 0.05) is 37.0 Å². The van der Waals surface area contributed by atoms with Gasteiger partial charge in [0.2, 0.25) is 5.91 Å². The molecule has 1 aliphatic carbocycles. The molecule has 0 spiro atoms. The van der Waals surface area contributed by atoms with Gasteiger partial charge in [-0.2, -0.15) is 5.10 Å². The predicted molar refractivity (Wildman–Crippen MR) is 148 cm³/mol. The van der Waals surface area contributed by atoms with Gasteiger partial charge in [-0.05, 0) is 62.1 Å². The molecule has 10 heteroatoms. The maximum absolute atomic E-state index is 11.7. The number of likely N-dealkylation sites (tertiary alicyclic amines) is 1. The zero-order valence-corrected chi connectivity index (χ0v) is 22.6. The molecule has 2 fully saturated rings. The first-order valence-electron chi connectivity index (χ1n) is 13.0. The molecule has 194 valence electrons. The van der Waals surface area contributed by atoms with Crippen LogP contribution in [0.3, 0.4) is 0 Å². The van der Waals surface area contributed by atoms with Crippen molar-refractivity contribution in [2.75, 3.05) is 18.5 Å². The molecular formula is C28H27ClN6O2S. The third-order valence-corrected chi connectivity index (χ3v) is 8.99. The first-order valence-corrected chi connectivity index (χ1v) is 14.2. The first kappa shape index (κ1) is 24.0. The molecule has 2 aliphatic heterocycles. The lowest BCUT2D eigenvalue weighted by atomic mass is 9.94. The highest BCUT2D eigenvalue weighted by molar-refractivity contribution is 7.19. The Morgan fingerprint density at radius 3 is 2.97 bits per heavy atom. The Morgan fingerprint density at radius 1 is 1.29 bits per heavy atom. The third-order valence-electron chi connectivity index (χ3n) is 7.66. The van der Waals surface area contributed by atoms with E-state index in [1.807, 2.05) is 23.0 Å². The Morgan fingerprint density at radius 2 is 2.21 bits per heavy atom. The van der Waals surface area contributed by atoms with Crippen molar-refractivity contribution in [2.24, 2.45) is 0 Å². The summed E-state index contributed by atoms with van der Waals surface area (Å²) in [4.78, 5) is 24.3. The van der Waals surface area contributed by atoms with Crippen molar-refractivity contribution < 1.29 is 9.53 Å². The lowest BCUT2D eigenvalue weighted by Crippen LogP contribution is -2.58. The fraction of sp³-hybridized carbons (Fsp3) is 0.357. The molecule has 1 amide bonds. The fourth-order valence-corrected chi connectivity index (χ4v) is 7.23. The maximum Gasteiger partial charge on any atom is 0.223 e. The number of nitrogens with one attached hydrogen (secondary N) is 1. The second-order valence-electron chi connectivity index (χ2n) is 10.1. The molecule has 2 unspecified atom stereocenters. The average Bonchev–Trinajstić information content (AvgIpc) is 3.46. The monoisotopic (exact) mass is 546 g/mol. The van der Waals surface area contributed by atoms with E-state index < -0.39 is 0 Å². The van der Waals surface area contributed by atoms with Crippen LogP contribution >= 0.6 is 22.9 Å². The van der Waals surface area contributed by atoms with Crippen molar-refractivity contribution in [1.29, 1.82) is 0 Å². The standard InChI is InChI=1S/C28H27ClN6O2S/c1-16(36)31-28-32-21-8-7-19-25(18-4-2-10-30-13-18)33-35(26(19)27(21)38-28)22-9-6-17(12-20(22)29)14-34-11-3-5-24-23(34)15-37-24/h2,4,6,9-10,12-13,23-24H,3,5,7-8,11,14-15H2,1H3,(H,31,32,36). The molecule has 8 nitrogen and oxygen atoms in total. The predicted octanol–water partition coefficient (Wildman–Crippen LogP) is 5.13. The van der Waals surface area contributed by atoms with Gasteiger partial charge < -0.3 is 10.1 Å². The topological polar surface area (TPSA) is 85.2 Å². The molecule has 3 aliphatic rings. The highest BCUT2D eigenvalue weighted by atomic mass is 35.5. The molecule has 1 N–H and O–H groups in total. The average molecular weight is 547 g/mol. The normalized spacial score (nSPS) is 20.3. The lowest BCUT2D eigenvalue weighted by molar-refractivity contribution is -0.158. The summed E-state index contributed by atoms with van der Waals surface area (Å²) in [5.41, 5.74) is 6.98. The van der Waals surface area contributed by atoms with Gasteiger partial charge in [-0.15, -0.1) is 0 Å². The van der Waals surface area contributed by atoms with Crippen LogP contribution in [0.4, 0.5) is 5.13 Å². The second kappa shape index (κ2) is 9.57. The third kappa shape index (κ3) is 4.14. The number of benzene rings is 1. The highest BCUT2D eigenvalue weighted by Crippen LogP contribution is 2.44. The largest absolute Gasteiger partial charge is 0.375 e. The molecule has 2 saturated heterocycles. The summed E-state index contributed by atoms with van der Waals surface area (Å²) >= 11 is 8.46. The molecule has 0 bridgehead atoms. The van der Waals surface area contributed by atoms with Gasteiger partial charge in [-0.1, -0.05) is 29.0 Å². The SMILES string of the molecule is CC(=O)Nc1nc2c(s1)-c1c(c(-c3cccnc3)nn1-c1ccc(CN3CCCC4OCC43)cc1Cl)CC2. The number of rotatable bonds is 5. The maximum atomic E-state index is 11.7. The Kier molecular flexibility index (Phi) is 6.04. The summed E-state index contributed by atoms with van der Waals surface area (Å²) in [7, 11) is 0. The number of hydrogen-bond donors (Lipinski definition) is 1.